The Balaban J connectivity index is 1.52. The Kier molecular flexibility index (Phi) is 7.06. The van der Waals surface area contributed by atoms with E-state index in [4.69, 9.17) is 22.2 Å². The molecule has 3 aliphatic rings. The van der Waals surface area contributed by atoms with Crippen molar-refractivity contribution in [3.05, 3.63) is 6.07 Å². The fourth-order valence-electron chi connectivity index (χ4n) is 4.92. The number of thiocarbonyl (C=S) groups is 1. The molecule has 0 radical (unpaired) electrons. The van der Waals surface area contributed by atoms with Gasteiger partial charge in [0.15, 0.2) is 5.11 Å². The molecule has 0 amide bonds. The lowest BCUT2D eigenvalue weighted by Crippen LogP contribution is -2.40. The van der Waals surface area contributed by atoms with Crippen molar-refractivity contribution in [1.82, 2.24) is 15.3 Å². The summed E-state index contributed by atoms with van der Waals surface area (Å²) in [6, 6.07) is 3.19. The Morgan fingerprint density at radius 1 is 0.897 bits per heavy atom. The highest BCUT2D eigenvalue weighted by Gasteiger charge is 2.23. The molecule has 4 rings (SSSR count). The van der Waals surface area contributed by atoms with E-state index in [1.54, 1.807) is 0 Å². The Bertz CT molecular complexity index is 684. The molecule has 1 aromatic heterocycles. The maximum absolute atomic E-state index is 5.61. The quantitative estimate of drug-likeness (QED) is 0.703. The molecule has 1 aliphatic carbocycles. The molecule has 2 aliphatic heterocycles. The highest BCUT2D eigenvalue weighted by Crippen LogP contribution is 2.28. The van der Waals surface area contributed by atoms with E-state index in [0.717, 1.165) is 31.3 Å². The van der Waals surface area contributed by atoms with E-state index in [0.29, 0.717) is 23.1 Å². The first kappa shape index (κ1) is 20.6. The van der Waals surface area contributed by atoms with Crippen LogP contribution in [0.25, 0.3) is 0 Å². The SMILES string of the molecule is CC1CCCCN1c1cc(N2CCCCC2)nc(NC(=S)NC2CCCCC2)n1. The molecule has 1 unspecified atom stereocenters. The summed E-state index contributed by atoms with van der Waals surface area (Å²) in [4.78, 5) is 14.6. The molecule has 160 valence electrons. The van der Waals surface area contributed by atoms with Gasteiger partial charge in [0.25, 0.3) is 0 Å². The van der Waals surface area contributed by atoms with Crippen molar-refractivity contribution in [2.45, 2.75) is 89.6 Å². The van der Waals surface area contributed by atoms with Crippen LogP contribution in [0.5, 0.6) is 0 Å². The van der Waals surface area contributed by atoms with Gasteiger partial charge in [-0.15, -0.1) is 0 Å². The first-order valence-corrected chi connectivity index (χ1v) is 12.1. The number of nitrogens with one attached hydrogen (secondary N) is 2. The van der Waals surface area contributed by atoms with Crippen molar-refractivity contribution >= 4 is 34.9 Å². The summed E-state index contributed by atoms with van der Waals surface area (Å²) in [5, 5.41) is 7.45. The average molecular weight is 417 g/mol. The fourth-order valence-corrected chi connectivity index (χ4v) is 5.18. The third-order valence-corrected chi connectivity index (χ3v) is 6.86. The molecule has 0 bridgehead atoms. The van der Waals surface area contributed by atoms with Crippen LogP contribution in [-0.4, -0.2) is 46.8 Å². The van der Waals surface area contributed by atoms with Crippen molar-refractivity contribution in [1.29, 1.82) is 0 Å². The molecule has 1 saturated carbocycles. The van der Waals surface area contributed by atoms with E-state index in [2.05, 4.69) is 33.4 Å². The highest BCUT2D eigenvalue weighted by molar-refractivity contribution is 7.80. The van der Waals surface area contributed by atoms with E-state index < -0.39 is 0 Å². The van der Waals surface area contributed by atoms with Crippen LogP contribution in [0.3, 0.4) is 0 Å². The lowest BCUT2D eigenvalue weighted by molar-refractivity contribution is 0.414. The van der Waals surface area contributed by atoms with Crippen LogP contribution in [0.4, 0.5) is 17.6 Å². The normalized spacial score (nSPS) is 23.7. The predicted molar refractivity (Wildman–Crippen MR) is 125 cm³/mol. The molecule has 6 nitrogen and oxygen atoms in total. The van der Waals surface area contributed by atoms with Crippen LogP contribution in [0.15, 0.2) is 6.07 Å². The van der Waals surface area contributed by atoms with Crippen molar-refractivity contribution in [3.63, 3.8) is 0 Å². The van der Waals surface area contributed by atoms with Gasteiger partial charge in [-0.3, -0.25) is 0 Å². The summed E-state index contributed by atoms with van der Waals surface area (Å²) in [6.07, 6.45) is 13.9. The van der Waals surface area contributed by atoms with Gasteiger partial charge in [-0.2, -0.15) is 9.97 Å². The standard InChI is InChI=1S/C22H36N6S/c1-17-10-6-9-15-28(17)20-16-19(27-13-7-3-8-14-27)24-21(25-20)26-22(29)23-18-11-4-2-5-12-18/h16-18H,2-15H2,1H3,(H2,23,24,25,26,29). The molecule has 7 heteroatoms. The predicted octanol–water partition coefficient (Wildman–Crippen LogP) is 4.46. The molecular formula is C22H36N6S. The summed E-state index contributed by atoms with van der Waals surface area (Å²) in [5.74, 6) is 2.71. The molecule has 29 heavy (non-hydrogen) atoms. The minimum Gasteiger partial charge on any atom is -0.360 e. The van der Waals surface area contributed by atoms with Gasteiger partial charge in [0.05, 0.1) is 0 Å². The summed E-state index contributed by atoms with van der Waals surface area (Å²) in [5.41, 5.74) is 0. The van der Waals surface area contributed by atoms with Gasteiger partial charge >= 0.3 is 0 Å². The number of aromatic nitrogens is 2. The number of rotatable bonds is 4. The molecule has 0 spiro atoms. The second-order valence-electron chi connectivity index (χ2n) is 8.93. The van der Waals surface area contributed by atoms with E-state index in [9.17, 15) is 0 Å². The first-order chi connectivity index (χ1) is 14.2. The third-order valence-electron chi connectivity index (χ3n) is 6.64. The lowest BCUT2D eigenvalue weighted by atomic mass is 9.96. The van der Waals surface area contributed by atoms with Gasteiger partial charge in [-0.25, -0.2) is 0 Å². The first-order valence-electron chi connectivity index (χ1n) is 11.7. The van der Waals surface area contributed by atoms with Crippen LogP contribution in [0.2, 0.25) is 0 Å². The van der Waals surface area contributed by atoms with Gasteiger partial charge < -0.3 is 20.4 Å². The van der Waals surface area contributed by atoms with Crippen molar-refractivity contribution in [2.75, 3.05) is 34.8 Å². The Morgan fingerprint density at radius 2 is 1.55 bits per heavy atom. The maximum atomic E-state index is 5.61. The largest absolute Gasteiger partial charge is 0.360 e. The average Bonchev–Trinajstić information content (AvgIpc) is 2.75. The Morgan fingerprint density at radius 3 is 2.31 bits per heavy atom. The van der Waals surface area contributed by atoms with Crippen LogP contribution < -0.4 is 20.4 Å². The molecule has 1 aromatic rings. The Hall–Kier alpha value is -1.63. The van der Waals surface area contributed by atoms with Crippen molar-refractivity contribution in [2.24, 2.45) is 0 Å². The minimum atomic E-state index is 0.482. The van der Waals surface area contributed by atoms with Crippen molar-refractivity contribution < 1.29 is 0 Å². The number of anilines is 3. The second kappa shape index (κ2) is 9.92. The van der Waals surface area contributed by atoms with Gasteiger partial charge in [0.2, 0.25) is 5.95 Å². The zero-order valence-electron chi connectivity index (χ0n) is 17.8. The van der Waals surface area contributed by atoms with Crippen LogP contribution in [0.1, 0.15) is 77.6 Å². The molecule has 0 aromatic carbocycles. The number of piperidine rings is 2. The topological polar surface area (TPSA) is 56.3 Å². The molecule has 3 fully saturated rings. The number of hydrogen-bond donors (Lipinski definition) is 2. The molecule has 1 atom stereocenters. The lowest BCUT2D eigenvalue weighted by Gasteiger charge is -2.35. The monoisotopic (exact) mass is 416 g/mol. The summed E-state index contributed by atoms with van der Waals surface area (Å²) in [7, 11) is 0. The number of hydrogen-bond acceptors (Lipinski definition) is 5. The van der Waals surface area contributed by atoms with Gasteiger partial charge in [0, 0.05) is 37.8 Å². The summed E-state index contributed by atoms with van der Waals surface area (Å²) >= 11 is 5.61. The number of nitrogens with zero attached hydrogens (tertiary/aromatic N) is 4. The van der Waals surface area contributed by atoms with E-state index >= 15 is 0 Å². The van der Waals surface area contributed by atoms with Crippen LogP contribution in [0, 0.1) is 0 Å². The fraction of sp³-hybridized carbons (Fsp3) is 0.773. The minimum absolute atomic E-state index is 0.482. The molecule has 2 N–H and O–H groups in total. The van der Waals surface area contributed by atoms with E-state index in [1.807, 2.05) is 0 Å². The Labute approximate surface area is 180 Å². The van der Waals surface area contributed by atoms with Crippen LogP contribution >= 0.6 is 12.2 Å². The van der Waals surface area contributed by atoms with Gasteiger partial charge in [-0.05, 0) is 70.5 Å². The highest BCUT2D eigenvalue weighted by atomic mass is 32.1. The maximum Gasteiger partial charge on any atom is 0.232 e. The van der Waals surface area contributed by atoms with Gasteiger partial charge in [-0.1, -0.05) is 19.3 Å². The summed E-state index contributed by atoms with van der Waals surface area (Å²) in [6.45, 7) is 5.54. The van der Waals surface area contributed by atoms with Crippen molar-refractivity contribution in [3.8, 4) is 0 Å². The molecular weight excluding hydrogens is 380 g/mol. The molecule has 3 heterocycles. The van der Waals surface area contributed by atoms with Gasteiger partial charge in [0.1, 0.15) is 11.6 Å². The molecule has 2 saturated heterocycles. The van der Waals surface area contributed by atoms with Crippen LogP contribution in [-0.2, 0) is 0 Å². The zero-order chi connectivity index (χ0) is 20.1. The third kappa shape index (κ3) is 5.50. The smallest absolute Gasteiger partial charge is 0.232 e. The van der Waals surface area contributed by atoms with E-state index in [-0.39, 0.29) is 0 Å². The summed E-state index contributed by atoms with van der Waals surface area (Å²) < 4.78 is 0. The zero-order valence-corrected chi connectivity index (χ0v) is 18.6. The second-order valence-corrected chi connectivity index (χ2v) is 9.34. The van der Waals surface area contributed by atoms with E-state index in [1.165, 1.54) is 70.6 Å².